The van der Waals surface area contributed by atoms with Gasteiger partial charge in [0.2, 0.25) is 5.88 Å². The number of hydrogen-bond donors (Lipinski definition) is 2. The number of benzene rings is 1. The Morgan fingerprint density at radius 2 is 1.83 bits per heavy atom. The first-order valence-electron chi connectivity index (χ1n) is 8.28. The molecule has 0 aliphatic heterocycles. The number of nitrogens with two attached hydrogens (primary N) is 1. The molecule has 1 fully saturated rings. The Morgan fingerprint density at radius 1 is 1.13 bits per heavy atom. The van der Waals surface area contributed by atoms with Gasteiger partial charge in [0.15, 0.2) is 5.82 Å². The normalized spacial score (nSPS) is 15.1. The fraction of sp³-hybridized carbons (Fsp3) is 0.444. The van der Waals surface area contributed by atoms with Crippen molar-refractivity contribution in [3.8, 4) is 11.6 Å². The zero-order valence-electron chi connectivity index (χ0n) is 13.7. The van der Waals surface area contributed by atoms with Crippen LogP contribution in [-0.2, 0) is 0 Å². The minimum atomic E-state index is 0.401. The topological polar surface area (TPSA) is 73.1 Å². The molecule has 3 N–H and O–H groups in total. The van der Waals surface area contributed by atoms with Crippen LogP contribution in [0.1, 0.15) is 51.0 Å². The Morgan fingerprint density at radius 3 is 2.48 bits per heavy atom. The van der Waals surface area contributed by atoms with E-state index in [0.717, 1.165) is 18.6 Å². The van der Waals surface area contributed by atoms with Crippen molar-refractivity contribution >= 4 is 11.5 Å². The zero-order valence-corrected chi connectivity index (χ0v) is 13.7. The molecule has 0 saturated heterocycles. The van der Waals surface area contributed by atoms with Crippen LogP contribution in [0.4, 0.5) is 11.5 Å². The molecule has 3 rings (SSSR count). The molecule has 1 aromatic carbocycles. The van der Waals surface area contributed by atoms with Crippen molar-refractivity contribution in [1.82, 2.24) is 9.97 Å². The molecule has 0 radical (unpaired) electrons. The highest BCUT2D eigenvalue weighted by molar-refractivity contribution is 5.67. The summed E-state index contributed by atoms with van der Waals surface area (Å²) >= 11 is 0. The van der Waals surface area contributed by atoms with Gasteiger partial charge in [-0.2, -0.15) is 4.98 Å². The number of rotatable bonds is 5. The maximum atomic E-state index is 6.17. The summed E-state index contributed by atoms with van der Waals surface area (Å²) in [4.78, 5) is 8.42. The molecular weight excluding hydrogens is 288 g/mol. The molecular formula is C18H24N4O. The van der Waals surface area contributed by atoms with Crippen molar-refractivity contribution in [2.24, 2.45) is 0 Å². The minimum absolute atomic E-state index is 0.401. The van der Waals surface area contributed by atoms with E-state index in [0.29, 0.717) is 29.3 Å². The Bertz CT molecular complexity index is 649. The zero-order chi connectivity index (χ0) is 16.2. The molecule has 5 nitrogen and oxygen atoms in total. The van der Waals surface area contributed by atoms with Gasteiger partial charge < -0.3 is 15.8 Å². The van der Waals surface area contributed by atoms with Gasteiger partial charge in [0.25, 0.3) is 0 Å². The van der Waals surface area contributed by atoms with E-state index >= 15 is 0 Å². The van der Waals surface area contributed by atoms with Gasteiger partial charge in [0.05, 0.1) is 0 Å². The van der Waals surface area contributed by atoms with E-state index in [2.05, 4.69) is 41.3 Å². The molecule has 0 amide bonds. The molecule has 2 aromatic rings. The highest BCUT2D eigenvalue weighted by Crippen LogP contribution is 2.31. The van der Waals surface area contributed by atoms with Crippen molar-refractivity contribution in [3.63, 3.8) is 0 Å². The van der Waals surface area contributed by atoms with Crippen LogP contribution < -0.4 is 15.8 Å². The maximum absolute atomic E-state index is 6.17. The highest BCUT2D eigenvalue weighted by atomic mass is 16.5. The Kier molecular flexibility index (Phi) is 4.65. The predicted octanol–water partition coefficient (Wildman–Crippen LogP) is 4.33. The first-order chi connectivity index (χ1) is 11.1. The summed E-state index contributed by atoms with van der Waals surface area (Å²) < 4.78 is 5.83. The summed E-state index contributed by atoms with van der Waals surface area (Å²) in [5.74, 6) is 2.29. The number of nitrogens with zero attached hydrogens (tertiary/aromatic N) is 2. The fourth-order valence-corrected chi connectivity index (χ4v) is 2.87. The van der Waals surface area contributed by atoms with Gasteiger partial charge >= 0.3 is 0 Å². The Hall–Kier alpha value is -2.30. The lowest BCUT2D eigenvalue weighted by Gasteiger charge is -2.16. The number of hydrogen-bond acceptors (Lipinski definition) is 5. The van der Waals surface area contributed by atoms with Crippen LogP contribution in [0.15, 0.2) is 30.6 Å². The molecule has 5 heteroatoms. The molecule has 0 bridgehead atoms. The molecule has 122 valence electrons. The summed E-state index contributed by atoms with van der Waals surface area (Å²) in [5, 5.41) is 3.40. The number of nitrogen functional groups attached to an aromatic ring is 1. The summed E-state index contributed by atoms with van der Waals surface area (Å²) in [7, 11) is 0. The largest absolute Gasteiger partial charge is 0.437 e. The van der Waals surface area contributed by atoms with Crippen LogP contribution >= 0.6 is 0 Å². The van der Waals surface area contributed by atoms with Crippen molar-refractivity contribution in [3.05, 3.63) is 36.2 Å². The molecule has 0 atom stereocenters. The van der Waals surface area contributed by atoms with Crippen molar-refractivity contribution in [1.29, 1.82) is 0 Å². The predicted molar refractivity (Wildman–Crippen MR) is 92.9 cm³/mol. The van der Waals surface area contributed by atoms with E-state index in [1.54, 1.807) is 0 Å². The van der Waals surface area contributed by atoms with E-state index < -0.39 is 0 Å². The molecule has 1 aliphatic carbocycles. The van der Waals surface area contributed by atoms with Crippen LogP contribution in [0.25, 0.3) is 0 Å². The van der Waals surface area contributed by atoms with Gasteiger partial charge in [-0.05, 0) is 36.5 Å². The first-order valence-corrected chi connectivity index (χ1v) is 8.28. The third-order valence-corrected chi connectivity index (χ3v) is 4.30. The second-order valence-electron chi connectivity index (χ2n) is 6.39. The lowest BCUT2D eigenvalue weighted by molar-refractivity contribution is 0.464. The second kappa shape index (κ2) is 6.86. The number of ether oxygens (including phenoxy) is 1. The standard InChI is InChI=1S/C18H24N4O/c1-12(2)13-7-9-15(10-8-13)23-18-16(19)17(20-11-21-18)22-14-5-3-4-6-14/h7-12,14H,3-6,19H2,1-2H3,(H,20,21,22). The van der Waals surface area contributed by atoms with Crippen molar-refractivity contribution in [2.45, 2.75) is 51.5 Å². The fourth-order valence-electron chi connectivity index (χ4n) is 2.87. The molecule has 0 unspecified atom stereocenters. The number of anilines is 2. The summed E-state index contributed by atoms with van der Waals surface area (Å²) in [6.45, 7) is 4.33. The Balaban J connectivity index is 1.74. The Labute approximate surface area is 137 Å². The van der Waals surface area contributed by atoms with Crippen LogP contribution in [0.5, 0.6) is 11.6 Å². The van der Waals surface area contributed by atoms with Gasteiger partial charge in [-0.15, -0.1) is 0 Å². The van der Waals surface area contributed by atoms with Crippen LogP contribution in [0.2, 0.25) is 0 Å². The van der Waals surface area contributed by atoms with Crippen LogP contribution in [0, 0.1) is 0 Å². The van der Waals surface area contributed by atoms with E-state index in [9.17, 15) is 0 Å². The monoisotopic (exact) mass is 312 g/mol. The van der Waals surface area contributed by atoms with Gasteiger partial charge in [-0.25, -0.2) is 4.98 Å². The minimum Gasteiger partial charge on any atom is -0.437 e. The van der Waals surface area contributed by atoms with Crippen LogP contribution in [-0.4, -0.2) is 16.0 Å². The molecule has 1 aromatic heterocycles. The third-order valence-electron chi connectivity index (χ3n) is 4.30. The molecule has 1 heterocycles. The lowest BCUT2D eigenvalue weighted by Crippen LogP contribution is -2.17. The summed E-state index contributed by atoms with van der Waals surface area (Å²) in [6.07, 6.45) is 6.33. The second-order valence-corrected chi connectivity index (χ2v) is 6.39. The van der Waals surface area contributed by atoms with E-state index in [1.807, 2.05) is 12.1 Å². The average molecular weight is 312 g/mol. The number of nitrogens with one attached hydrogen (secondary N) is 1. The average Bonchev–Trinajstić information content (AvgIpc) is 3.05. The SMILES string of the molecule is CC(C)c1ccc(Oc2ncnc(NC3CCCC3)c2N)cc1. The first kappa shape index (κ1) is 15.6. The highest BCUT2D eigenvalue weighted by Gasteiger charge is 2.18. The van der Waals surface area contributed by atoms with Gasteiger partial charge in [0.1, 0.15) is 17.8 Å². The van der Waals surface area contributed by atoms with Crippen LogP contribution in [0.3, 0.4) is 0 Å². The quantitative estimate of drug-likeness (QED) is 0.859. The van der Waals surface area contributed by atoms with E-state index in [1.165, 1.54) is 24.7 Å². The van der Waals surface area contributed by atoms with E-state index in [-0.39, 0.29) is 0 Å². The summed E-state index contributed by atoms with van der Waals surface area (Å²) in [5.41, 5.74) is 7.91. The van der Waals surface area contributed by atoms with Gasteiger partial charge in [-0.3, -0.25) is 0 Å². The smallest absolute Gasteiger partial charge is 0.248 e. The summed E-state index contributed by atoms with van der Waals surface area (Å²) in [6, 6.07) is 8.47. The van der Waals surface area contributed by atoms with Crippen molar-refractivity contribution < 1.29 is 4.74 Å². The lowest BCUT2D eigenvalue weighted by atomic mass is 10.0. The van der Waals surface area contributed by atoms with Gasteiger partial charge in [-0.1, -0.05) is 38.8 Å². The molecule has 1 saturated carbocycles. The maximum Gasteiger partial charge on any atom is 0.248 e. The third kappa shape index (κ3) is 3.73. The van der Waals surface area contributed by atoms with Gasteiger partial charge in [0, 0.05) is 6.04 Å². The van der Waals surface area contributed by atoms with E-state index in [4.69, 9.17) is 10.5 Å². The number of aromatic nitrogens is 2. The molecule has 1 aliphatic rings. The molecule has 0 spiro atoms. The molecule has 23 heavy (non-hydrogen) atoms. The van der Waals surface area contributed by atoms with Crippen molar-refractivity contribution in [2.75, 3.05) is 11.1 Å².